The minimum Gasteiger partial charge on any atom is -0.396 e. The van der Waals surface area contributed by atoms with Gasteiger partial charge in [0.1, 0.15) is 0 Å². The summed E-state index contributed by atoms with van der Waals surface area (Å²) in [6.07, 6.45) is 5.87. The van der Waals surface area contributed by atoms with Crippen LogP contribution < -0.4 is 5.73 Å². The van der Waals surface area contributed by atoms with Crippen LogP contribution in [0.2, 0.25) is 0 Å². The van der Waals surface area contributed by atoms with Crippen LogP contribution in [0.25, 0.3) is 0 Å². The molecule has 1 atom stereocenters. The average Bonchev–Trinajstić information content (AvgIpc) is 2.27. The number of amides is 1. The zero-order valence-electron chi connectivity index (χ0n) is 10.0. The van der Waals surface area contributed by atoms with Gasteiger partial charge in [-0.1, -0.05) is 0 Å². The van der Waals surface area contributed by atoms with Gasteiger partial charge < -0.3 is 15.7 Å². The number of hydrogen-bond donors (Lipinski definition) is 2. The molecule has 1 unspecified atom stereocenters. The number of primary amides is 1. The summed E-state index contributed by atoms with van der Waals surface area (Å²) in [7, 11) is 0. The van der Waals surface area contributed by atoms with Gasteiger partial charge in [0.25, 0.3) is 0 Å². The Labute approximate surface area is 97.8 Å². The monoisotopic (exact) mass is 228 g/mol. The molecule has 1 fully saturated rings. The molecular formula is C12H24N2O2. The van der Waals surface area contributed by atoms with Crippen LogP contribution in [0.1, 0.15) is 38.5 Å². The van der Waals surface area contributed by atoms with Gasteiger partial charge in [0.05, 0.1) is 0 Å². The van der Waals surface area contributed by atoms with Gasteiger partial charge in [-0.2, -0.15) is 0 Å². The quantitative estimate of drug-likeness (QED) is 0.631. The lowest BCUT2D eigenvalue weighted by Crippen LogP contribution is -2.36. The highest BCUT2D eigenvalue weighted by Gasteiger charge is 2.19. The van der Waals surface area contributed by atoms with E-state index in [1.165, 1.54) is 19.4 Å². The summed E-state index contributed by atoms with van der Waals surface area (Å²) in [5.74, 6) is 0.452. The summed E-state index contributed by atoms with van der Waals surface area (Å²) in [5, 5.41) is 8.72. The van der Waals surface area contributed by atoms with Crippen molar-refractivity contribution in [1.29, 1.82) is 0 Å². The van der Waals surface area contributed by atoms with Crippen LogP contribution in [0.3, 0.4) is 0 Å². The van der Waals surface area contributed by atoms with E-state index in [0.717, 1.165) is 32.4 Å². The Balaban J connectivity index is 2.16. The second kappa shape index (κ2) is 7.63. The van der Waals surface area contributed by atoms with Crippen molar-refractivity contribution in [1.82, 2.24) is 4.90 Å². The van der Waals surface area contributed by atoms with Gasteiger partial charge in [-0.05, 0) is 51.1 Å². The SMILES string of the molecule is NC(=O)CCC1CCCN(CCCCO)C1. The molecule has 0 aromatic heterocycles. The maximum atomic E-state index is 10.7. The lowest BCUT2D eigenvalue weighted by molar-refractivity contribution is -0.118. The van der Waals surface area contributed by atoms with Crippen molar-refractivity contribution < 1.29 is 9.90 Å². The van der Waals surface area contributed by atoms with Gasteiger partial charge in [0.15, 0.2) is 0 Å². The first-order valence-corrected chi connectivity index (χ1v) is 6.34. The van der Waals surface area contributed by atoms with Crippen molar-refractivity contribution in [3.8, 4) is 0 Å². The molecule has 1 rings (SSSR count). The van der Waals surface area contributed by atoms with E-state index in [9.17, 15) is 4.79 Å². The fraction of sp³-hybridized carbons (Fsp3) is 0.917. The van der Waals surface area contributed by atoms with Gasteiger partial charge in [0, 0.05) is 19.6 Å². The highest BCUT2D eigenvalue weighted by atomic mass is 16.2. The minimum atomic E-state index is -0.183. The summed E-state index contributed by atoms with van der Waals surface area (Å²) >= 11 is 0. The van der Waals surface area contributed by atoms with E-state index in [-0.39, 0.29) is 5.91 Å². The zero-order chi connectivity index (χ0) is 11.8. The number of rotatable bonds is 7. The Morgan fingerprint density at radius 3 is 2.94 bits per heavy atom. The first kappa shape index (κ1) is 13.5. The van der Waals surface area contributed by atoms with Gasteiger partial charge in [-0.15, -0.1) is 0 Å². The molecule has 4 heteroatoms. The molecule has 0 bridgehead atoms. The number of nitrogens with two attached hydrogens (primary N) is 1. The third-order valence-corrected chi connectivity index (χ3v) is 3.28. The van der Waals surface area contributed by atoms with E-state index in [1.807, 2.05) is 0 Å². The van der Waals surface area contributed by atoms with Crippen LogP contribution in [0.15, 0.2) is 0 Å². The van der Waals surface area contributed by atoms with E-state index < -0.39 is 0 Å². The molecule has 1 saturated heterocycles. The summed E-state index contributed by atoms with van der Waals surface area (Å²) < 4.78 is 0. The van der Waals surface area contributed by atoms with Crippen molar-refractivity contribution in [3.63, 3.8) is 0 Å². The number of likely N-dealkylation sites (tertiary alicyclic amines) is 1. The van der Waals surface area contributed by atoms with E-state index in [4.69, 9.17) is 10.8 Å². The fourth-order valence-electron chi connectivity index (χ4n) is 2.38. The van der Waals surface area contributed by atoms with Crippen molar-refractivity contribution in [2.45, 2.75) is 38.5 Å². The molecule has 16 heavy (non-hydrogen) atoms. The van der Waals surface area contributed by atoms with Crippen LogP contribution in [0.4, 0.5) is 0 Å². The van der Waals surface area contributed by atoms with E-state index >= 15 is 0 Å². The van der Waals surface area contributed by atoms with Gasteiger partial charge in [0.2, 0.25) is 5.91 Å². The molecule has 0 spiro atoms. The van der Waals surface area contributed by atoms with Crippen molar-refractivity contribution in [3.05, 3.63) is 0 Å². The number of piperidine rings is 1. The van der Waals surface area contributed by atoms with Crippen LogP contribution in [-0.4, -0.2) is 42.2 Å². The Morgan fingerprint density at radius 2 is 2.25 bits per heavy atom. The van der Waals surface area contributed by atoms with Gasteiger partial charge in [-0.3, -0.25) is 4.79 Å². The normalized spacial score (nSPS) is 22.2. The van der Waals surface area contributed by atoms with Gasteiger partial charge in [-0.25, -0.2) is 0 Å². The Kier molecular flexibility index (Phi) is 6.42. The van der Waals surface area contributed by atoms with Crippen molar-refractivity contribution >= 4 is 5.91 Å². The Morgan fingerprint density at radius 1 is 1.44 bits per heavy atom. The number of nitrogens with zero attached hydrogens (tertiary/aromatic N) is 1. The molecular weight excluding hydrogens is 204 g/mol. The predicted molar refractivity (Wildman–Crippen MR) is 63.9 cm³/mol. The lowest BCUT2D eigenvalue weighted by atomic mass is 9.93. The number of unbranched alkanes of at least 4 members (excludes halogenated alkanes) is 1. The molecule has 1 aliphatic heterocycles. The largest absolute Gasteiger partial charge is 0.396 e. The Bertz CT molecular complexity index is 209. The number of aliphatic hydroxyl groups excluding tert-OH is 1. The highest BCUT2D eigenvalue weighted by Crippen LogP contribution is 2.20. The maximum absolute atomic E-state index is 10.7. The predicted octanol–water partition coefficient (Wildman–Crippen LogP) is 0.736. The molecule has 0 aliphatic carbocycles. The molecule has 1 heterocycles. The summed E-state index contributed by atoms with van der Waals surface area (Å²) in [4.78, 5) is 13.2. The summed E-state index contributed by atoms with van der Waals surface area (Å²) in [5.41, 5.74) is 5.16. The second-order valence-electron chi connectivity index (χ2n) is 4.74. The number of hydrogen-bond acceptors (Lipinski definition) is 3. The summed E-state index contributed by atoms with van der Waals surface area (Å²) in [6, 6.07) is 0. The third-order valence-electron chi connectivity index (χ3n) is 3.28. The van der Waals surface area contributed by atoms with Crippen LogP contribution in [0.5, 0.6) is 0 Å². The Hall–Kier alpha value is -0.610. The van der Waals surface area contributed by atoms with E-state index in [2.05, 4.69) is 4.90 Å². The fourth-order valence-corrected chi connectivity index (χ4v) is 2.38. The van der Waals surface area contributed by atoms with E-state index in [0.29, 0.717) is 18.9 Å². The first-order valence-electron chi connectivity index (χ1n) is 6.34. The minimum absolute atomic E-state index is 0.183. The molecule has 4 nitrogen and oxygen atoms in total. The molecule has 1 amide bonds. The molecule has 0 aromatic carbocycles. The topological polar surface area (TPSA) is 66.6 Å². The van der Waals surface area contributed by atoms with Crippen LogP contribution in [0, 0.1) is 5.92 Å². The van der Waals surface area contributed by atoms with Crippen molar-refractivity contribution in [2.75, 3.05) is 26.2 Å². The zero-order valence-corrected chi connectivity index (χ0v) is 10.0. The standard InChI is InChI=1S/C12H24N2O2/c13-12(16)6-5-11-4-3-8-14(10-11)7-1-2-9-15/h11,15H,1-10H2,(H2,13,16). The highest BCUT2D eigenvalue weighted by molar-refractivity contribution is 5.73. The number of carbonyl (C=O) groups is 1. The summed E-state index contributed by atoms with van der Waals surface area (Å²) in [6.45, 7) is 3.63. The number of aliphatic hydroxyl groups is 1. The molecule has 1 aliphatic rings. The second-order valence-corrected chi connectivity index (χ2v) is 4.74. The first-order chi connectivity index (χ1) is 7.72. The molecule has 94 valence electrons. The van der Waals surface area contributed by atoms with Gasteiger partial charge >= 0.3 is 0 Å². The third kappa shape index (κ3) is 5.47. The maximum Gasteiger partial charge on any atom is 0.217 e. The molecule has 3 N–H and O–H groups in total. The smallest absolute Gasteiger partial charge is 0.217 e. The average molecular weight is 228 g/mol. The number of carbonyl (C=O) groups excluding carboxylic acids is 1. The lowest BCUT2D eigenvalue weighted by Gasteiger charge is -2.32. The molecule has 0 radical (unpaired) electrons. The van der Waals surface area contributed by atoms with E-state index in [1.54, 1.807) is 0 Å². The van der Waals surface area contributed by atoms with Crippen LogP contribution in [-0.2, 0) is 4.79 Å². The molecule has 0 aromatic rings. The molecule has 0 saturated carbocycles. The van der Waals surface area contributed by atoms with Crippen molar-refractivity contribution in [2.24, 2.45) is 11.7 Å². The van der Waals surface area contributed by atoms with Crippen LogP contribution >= 0.6 is 0 Å².